The van der Waals surface area contributed by atoms with E-state index in [2.05, 4.69) is 41.7 Å². The number of hydrogen-bond donors (Lipinski definition) is 1. The van der Waals surface area contributed by atoms with Gasteiger partial charge in [0.05, 0.1) is 0 Å². The predicted molar refractivity (Wildman–Crippen MR) is 81.7 cm³/mol. The lowest BCUT2D eigenvalue weighted by atomic mass is 9.88. The maximum atomic E-state index is 5.43. The fourth-order valence-electron chi connectivity index (χ4n) is 3.19. The van der Waals surface area contributed by atoms with Gasteiger partial charge in [0.2, 0.25) is 6.79 Å². The molecule has 1 N–H and O–H groups in total. The lowest BCUT2D eigenvalue weighted by molar-refractivity contribution is 0.174. The van der Waals surface area contributed by atoms with Crippen molar-refractivity contribution < 1.29 is 9.47 Å². The van der Waals surface area contributed by atoms with Crippen LogP contribution in [-0.2, 0) is 19.4 Å². The van der Waals surface area contributed by atoms with Crippen LogP contribution in [0.2, 0.25) is 0 Å². The van der Waals surface area contributed by atoms with Gasteiger partial charge in [0.1, 0.15) is 0 Å². The first-order valence-corrected chi connectivity index (χ1v) is 7.57. The molecule has 0 aromatic heterocycles. The lowest BCUT2D eigenvalue weighted by Crippen LogP contribution is -2.34. The van der Waals surface area contributed by atoms with Gasteiger partial charge in [0, 0.05) is 12.6 Å². The molecule has 0 radical (unpaired) electrons. The molecule has 0 fully saturated rings. The fraction of sp³-hybridized carbons (Fsp3) is 0.333. The molecule has 0 saturated heterocycles. The molecular formula is C18H19NO2. The summed E-state index contributed by atoms with van der Waals surface area (Å²) in [5.41, 5.74) is 4.25. The van der Waals surface area contributed by atoms with Crippen molar-refractivity contribution in [3.63, 3.8) is 0 Å². The number of rotatable bonds is 3. The van der Waals surface area contributed by atoms with Crippen LogP contribution in [0.25, 0.3) is 0 Å². The Kier molecular flexibility index (Phi) is 3.28. The van der Waals surface area contributed by atoms with Gasteiger partial charge in [-0.05, 0) is 48.1 Å². The summed E-state index contributed by atoms with van der Waals surface area (Å²) in [4.78, 5) is 0. The quantitative estimate of drug-likeness (QED) is 0.938. The standard InChI is InChI=1S/C18H19NO2/c1-2-4-15-10-16(7-6-14(15)3-1)19-11-13-5-8-17-18(9-13)21-12-20-17/h1-5,8-9,16,19H,6-7,10-12H2. The molecule has 3 heteroatoms. The normalized spacial score (nSPS) is 19.3. The van der Waals surface area contributed by atoms with E-state index < -0.39 is 0 Å². The highest BCUT2D eigenvalue weighted by Gasteiger charge is 2.18. The van der Waals surface area contributed by atoms with Gasteiger partial charge in [0.15, 0.2) is 11.5 Å². The molecule has 1 aliphatic heterocycles. The topological polar surface area (TPSA) is 30.5 Å². The molecule has 2 aliphatic rings. The zero-order valence-electron chi connectivity index (χ0n) is 12.0. The molecule has 0 amide bonds. The van der Waals surface area contributed by atoms with Crippen LogP contribution in [0.4, 0.5) is 0 Å². The summed E-state index contributed by atoms with van der Waals surface area (Å²) >= 11 is 0. The highest BCUT2D eigenvalue weighted by molar-refractivity contribution is 5.44. The minimum absolute atomic E-state index is 0.339. The van der Waals surface area contributed by atoms with Crippen LogP contribution in [0, 0.1) is 0 Å². The Morgan fingerprint density at radius 1 is 1.00 bits per heavy atom. The molecule has 4 rings (SSSR count). The Hall–Kier alpha value is -2.00. The number of nitrogens with one attached hydrogen (secondary N) is 1. The molecule has 2 aromatic carbocycles. The SMILES string of the molecule is c1ccc2c(c1)CCC(NCc1ccc3c(c1)OCO3)C2. The molecule has 3 nitrogen and oxygen atoms in total. The van der Waals surface area contributed by atoms with E-state index in [1.807, 2.05) is 6.07 Å². The van der Waals surface area contributed by atoms with E-state index in [9.17, 15) is 0 Å². The maximum absolute atomic E-state index is 5.43. The van der Waals surface area contributed by atoms with Crippen molar-refractivity contribution in [2.24, 2.45) is 0 Å². The molecule has 0 saturated carbocycles. The largest absolute Gasteiger partial charge is 0.454 e. The third-order valence-electron chi connectivity index (χ3n) is 4.38. The van der Waals surface area contributed by atoms with E-state index in [0.717, 1.165) is 24.5 Å². The van der Waals surface area contributed by atoms with Gasteiger partial charge in [0.25, 0.3) is 0 Å². The number of hydrogen-bond acceptors (Lipinski definition) is 3. The Balaban J connectivity index is 1.39. The summed E-state index contributed by atoms with van der Waals surface area (Å²) in [7, 11) is 0. The van der Waals surface area contributed by atoms with Crippen LogP contribution in [0.15, 0.2) is 42.5 Å². The first-order chi connectivity index (χ1) is 10.4. The van der Waals surface area contributed by atoms with Crippen LogP contribution in [-0.4, -0.2) is 12.8 Å². The Labute approximate surface area is 124 Å². The molecular weight excluding hydrogens is 262 g/mol. The van der Waals surface area contributed by atoms with Gasteiger partial charge in [-0.2, -0.15) is 0 Å². The monoisotopic (exact) mass is 281 g/mol. The summed E-state index contributed by atoms with van der Waals surface area (Å²) in [6, 6.07) is 15.5. The van der Waals surface area contributed by atoms with Crippen molar-refractivity contribution >= 4 is 0 Å². The van der Waals surface area contributed by atoms with Gasteiger partial charge in [-0.1, -0.05) is 30.3 Å². The van der Waals surface area contributed by atoms with Crippen molar-refractivity contribution in [1.29, 1.82) is 0 Å². The average Bonchev–Trinajstić information content (AvgIpc) is 3.00. The smallest absolute Gasteiger partial charge is 0.231 e. The second-order valence-electron chi connectivity index (χ2n) is 5.78. The van der Waals surface area contributed by atoms with E-state index in [4.69, 9.17) is 9.47 Å². The molecule has 1 unspecified atom stereocenters. The number of benzene rings is 2. The van der Waals surface area contributed by atoms with Crippen molar-refractivity contribution in [2.45, 2.75) is 31.8 Å². The molecule has 108 valence electrons. The second kappa shape index (κ2) is 5.41. The van der Waals surface area contributed by atoms with Crippen LogP contribution in [0.1, 0.15) is 23.1 Å². The molecule has 1 aliphatic carbocycles. The Bertz CT molecular complexity index is 653. The van der Waals surface area contributed by atoms with Crippen LogP contribution in [0.5, 0.6) is 11.5 Å². The van der Waals surface area contributed by atoms with E-state index in [1.165, 1.54) is 29.5 Å². The summed E-state index contributed by atoms with van der Waals surface area (Å²) in [6.07, 6.45) is 3.51. The summed E-state index contributed by atoms with van der Waals surface area (Å²) in [5, 5.41) is 3.67. The summed E-state index contributed by atoms with van der Waals surface area (Å²) in [5.74, 6) is 1.72. The average molecular weight is 281 g/mol. The van der Waals surface area contributed by atoms with Crippen molar-refractivity contribution in [3.05, 3.63) is 59.2 Å². The maximum Gasteiger partial charge on any atom is 0.231 e. The predicted octanol–water partition coefficient (Wildman–Crippen LogP) is 3.06. The van der Waals surface area contributed by atoms with Crippen molar-refractivity contribution in [1.82, 2.24) is 5.32 Å². The number of aryl methyl sites for hydroxylation is 1. The summed E-state index contributed by atoms with van der Waals surface area (Å²) in [6.45, 7) is 1.22. The minimum atomic E-state index is 0.339. The highest BCUT2D eigenvalue weighted by atomic mass is 16.7. The number of fused-ring (bicyclic) bond motifs is 2. The molecule has 0 spiro atoms. The van der Waals surface area contributed by atoms with Gasteiger partial charge in [-0.3, -0.25) is 0 Å². The van der Waals surface area contributed by atoms with E-state index in [-0.39, 0.29) is 0 Å². The Morgan fingerprint density at radius 2 is 1.86 bits per heavy atom. The fourth-order valence-corrected chi connectivity index (χ4v) is 3.19. The molecule has 2 aromatic rings. The first kappa shape index (κ1) is 12.7. The molecule has 1 atom stereocenters. The highest BCUT2D eigenvalue weighted by Crippen LogP contribution is 2.32. The van der Waals surface area contributed by atoms with E-state index in [1.54, 1.807) is 0 Å². The van der Waals surface area contributed by atoms with Gasteiger partial charge in [-0.25, -0.2) is 0 Å². The van der Waals surface area contributed by atoms with Crippen LogP contribution in [0.3, 0.4) is 0 Å². The van der Waals surface area contributed by atoms with Crippen LogP contribution >= 0.6 is 0 Å². The van der Waals surface area contributed by atoms with Crippen molar-refractivity contribution in [2.75, 3.05) is 6.79 Å². The van der Waals surface area contributed by atoms with E-state index >= 15 is 0 Å². The van der Waals surface area contributed by atoms with Crippen LogP contribution < -0.4 is 14.8 Å². The zero-order valence-corrected chi connectivity index (χ0v) is 12.0. The summed E-state index contributed by atoms with van der Waals surface area (Å²) < 4.78 is 10.8. The lowest BCUT2D eigenvalue weighted by Gasteiger charge is -2.25. The third kappa shape index (κ3) is 2.61. The second-order valence-corrected chi connectivity index (χ2v) is 5.78. The van der Waals surface area contributed by atoms with Gasteiger partial charge in [-0.15, -0.1) is 0 Å². The first-order valence-electron chi connectivity index (χ1n) is 7.57. The van der Waals surface area contributed by atoms with Crippen molar-refractivity contribution in [3.8, 4) is 11.5 Å². The van der Waals surface area contributed by atoms with E-state index in [0.29, 0.717) is 12.8 Å². The zero-order chi connectivity index (χ0) is 14.1. The molecule has 1 heterocycles. The Morgan fingerprint density at radius 3 is 2.81 bits per heavy atom. The van der Waals surface area contributed by atoms with Gasteiger partial charge < -0.3 is 14.8 Å². The molecule has 21 heavy (non-hydrogen) atoms. The molecule has 0 bridgehead atoms. The van der Waals surface area contributed by atoms with Gasteiger partial charge >= 0.3 is 0 Å². The third-order valence-corrected chi connectivity index (χ3v) is 4.38. The minimum Gasteiger partial charge on any atom is -0.454 e. The number of ether oxygens (including phenoxy) is 2.